The van der Waals surface area contributed by atoms with Crippen LogP contribution in [0.3, 0.4) is 0 Å². The first-order valence-corrected chi connectivity index (χ1v) is 10.3. The van der Waals surface area contributed by atoms with Crippen molar-refractivity contribution < 1.29 is 17.1 Å². The SMILES string of the molecule is [CH]1[CH][CH][C](C=C2SC=CS2)[CH]1.[CH]1[CH][CH][C](C=C2SC=CS2)[CH]1.[Fe+2]. The van der Waals surface area contributed by atoms with Crippen molar-refractivity contribution in [3.63, 3.8) is 0 Å². The Balaban J connectivity index is 0.000000160. The minimum absolute atomic E-state index is 0. The number of hydrogen-bond acceptors (Lipinski definition) is 4. The Morgan fingerprint density at radius 1 is 0.522 bits per heavy atom. The molecule has 2 fully saturated rings. The molecule has 0 nitrogen and oxygen atoms in total. The Kier molecular flexibility index (Phi) is 10.1. The van der Waals surface area contributed by atoms with Crippen molar-refractivity contribution >= 4 is 47.0 Å². The molecule has 2 aliphatic heterocycles. The van der Waals surface area contributed by atoms with E-state index in [0.717, 1.165) is 0 Å². The molecule has 4 rings (SSSR count). The zero-order valence-electron chi connectivity index (χ0n) is 12.1. The molecule has 0 aromatic carbocycles. The molecule has 0 aromatic heterocycles. The van der Waals surface area contributed by atoms with Gasteiger partial charge < -0.3 is 0 Å². The third kappa shape index (κ3) is 7.33. The van der Waals surface area contributed by atoms with Gasteiger partial charge in [-0.25, -0.2) is 0 Å². The molecule has 0 unspecified atom stereocenters. The van der Waals surface area contributed by atoms with E-state index in [0.29, 0.717) is 0 Å². The summed E-state index contributed by atoms with van der Waals surface area (Å²) in [6.07, 6.45) is 21.1. The van der Waals surface area contributed by atoms with Crippen molar-refractivity contribution in [3.05, 3.63) is 105 Å². The molecule has 10 radical (unpaired) electrons. The maximum absolute atomic E-state index is 2.20. The molecule has 0 amide bonds. The maximum atomic E-state index is 2.20. The van der Waals surface area contributed by atoms with Crippen LogP contribution in [0.25, 0.3) is 0 Å². The van der Waals surface area contributed by atoms with Gasteiger partial charge in [0.05, 0.1) is 0 Å². The van der Waals surface area contributed by atoms with E-state index in [4.69, 9.17) is 0 Å². The van der Waals surface area contributed by atoms with Gasteiger partial charge in [-0.15, -0.1) is 0 Å². The van der Waals surface area contributed by atoms with Crippen LogP contribution in [0, 0.1) is 63.2 Å². The second-order valence-corrected chi connectivity index (χ2v) is 8.69. The van der Waals surface area contributed by atoms with Crippen molar-refractivity contribution in [1.29, 1.82) is 0 Å². The molecule has 116 valence electrons. The molecule has 0 spiro atoms. The Hall–Kier alpha value is 0.879. The molecule has 2 heterocycles. The molecule has 0 saturated heterocycles. The van der Waals surface area contributed by atoms with Crippen LogP contribution < -0.4 is 0 Å². The fourth-order valence-electron chi connectivity index (χ4n) is 1.81. The normalized spacial score (nSPS) is 23.8. The molecule has 2 saturated carbocycles. The van der Waals surface area contributed by atoms with Crippen LogP contribution >= 0.6 is 47.0 Å². The van der Waals surface area contributed by atoms with E-state index < -0.39 is 0 Å². The summed E-state index contributed by atoms with van der Waals surface area (Å²) in [5.74, 6) is 2.59. The number of rotatable bonds is 2. The minimum Gasteiger partial charge on any atom is -0.0905 e. The van der Waals surface area contributed by atoms with Gasteiger partial charge in [-0.05, 0) is 73.0 Å². The van der Waals surface area contributed by atoms with E-state index in [2.05, 4.69) is 85.2 Å². The molecule has 2 aliphatic carbocycles. The van der Waals surface area contributed by atoms with E-state index in [1.807, 2.05) is 0 Å². The van der Waals surface area contributed by atoms with Gasteiger partial charge in [0.1, 0.15) is 0 Å². The van der Waals surface area contributed by atoms with Crippen LogP contribution in [-0.2, 0) is 17.1 Å². The first-order valence-electron chi connectivity index (χ1n) is 6.74. The number of allylic oxidation sites excluding steroid dienone is 2. The third-order valence-corrected chi connectivity index (χ3v) is 6.78. The Morgan fingerprint density at radius 3 is 1.13 bits per heavy atom. The summed E-state index contributed by atoms with van der Waals surface area (Å²) in [5.41, 5.74) is 0. The van der Waals surface area contributed by atoms with Crippen LogP contribution in [-0.4, -0.2) is 0 Å². The summed E-state index contributed by atoms with van der Waals surface area (Å²) in [6.45, 7) is 0. The Bertz CT molecular complexity index is 405. The molecule has 0 bridgehead atoms. The second kappa shape index (κ2) is 11.5. The van der Waals surface area contributed by atoms with Gasteiger partial charge in [0.15, 0.2) is 0 Å². The van der Waals surface area contributed by atoms with Gasteiger partial charge in [-0.2, -0.15) is 0 Å². The predicted molar refractivity (Wildman–Crippen MR) is 106 cm³/mol. The first-order chi connectivity index (χ1) is 10.9. The average Bonchev–Trinajstić information content (AvgIpc) is 3.31. The standard InChI is InChI=1S/2C9H7S2.Fe/c2*1-2-4-8(3-1)7-9-10-5-6-11-9;/h2*1-7H;/q;;+2. The summed E-state index contributed by atoms with van der Waals surface area (Å²) in [5, 5.41) is 8.44. The zero-order chi connectivity index (χ0) is 15.0. The molecular weight excluding hydrogens is 400 g/mol. The van der Waals surface area contributed by atoms with Crippen molar-refractivity contribution in [1.82, 2.24) is 0 Å². The van der Waals surface area contributed by atoms with Crippen LogP contribution in [0.1, 0.15) is 0 Å². The van der Waals surface area contributed by atoms with E-state index in [1.165, 1.54) is 20.3 Å². The van der Waals surface area contributed by atoms with Crippen LogP contribution in [0.2, 0.25) is 0 Å². The van der Waals surface area contributed by atoms with Gasteiger partial charge >= 0.3 is 17.1 Å². The average molecular weight is 414 g/mol. The summed E-state index contributed by atoms with van der Waals surface area (Å²) < 4.78 is 2.72. The third-order valence-electron chi connectivity index (χ3n) is 2.79. The second-order valence-electron chi connectivity index (χ2n) is 4.38. The van der Waals surface area contributed by atoms with Crippen molar-refractivity contribution in [3.8, 4) is 0 Å². The quantitative estimate of drug-likeness (QED) is 0.482. The van der Waals surface area contributed by atoms with Crippen LogP contribution in [0.4, 0.5) is 0 Å². The molecule has 0 aromatic rings. The molecular formula is C18H14FeS4+2. The fraction of sp³-hybridized carbons (Fsp3) is 0. The first kappa shape index (κ1) is 20.2. The van der Waals surface area contributed by atoms with Gasteiger partial charge in [0.2, 0.25) is 0 Å². The largest absolute Gasteiger partial charge is 2.00 e. The van der Waals surface area contributed by atoms with E-state index in [1.54, 1.807) is 47.0 Å². The van der Waals surface area contributed by atoms with Gasteiger partial charge in [-0.1, -0.05) is 59.2 Å². The van der Waals surface area contributed by atoms with Crippen LogP contribution in [0.5, 0.6) is 0 Å². The molecule has 23 heavy (non-hydrogen) atoms. The molecule has 5 heteroatoms. The van der Waals surface area contributed by atoms with Crippen molar-refractivity contribution in [2.45, 2.75) is 0 Å². The number of hydrogen-bond donors (Lipinski definition) is 0. The van der Waals surface area contributed by atoms with Crippen molar-refractivity contribution in [2.24, 2.45) is 0 Å². The van der Waals surface area contributed by atoms with Gasteiger partial charge in [-0.3, -0.25) is 0 Å². The fourth-order valence-corrected chi connectivity index (χ4v) is 5.17. The van der Waals surface area contributed by atoms with E-state index in [-0.39, 0.29) is 17.1 Å². The van der Waals surface area contributed by atoms with Crippen molar-refractivity contribution in [2.75, 3.05) is 0 Å². The predicted octanol–water partition coefficient (Wildman–Crippen LogP) is 6.37. The smallest absolute Gasteiger partial charge is 0.0905 e. The zero-order valence-corrected chi connectivity index (χ0v) is 16.4. The van der Waals surface area contributed by atoms with E-state index in [9.17, 15) is 0 Å². The summed E-state index contributed by atoms with van der Waals surface area (Å²) in [4.78, 5) is 0. The van der Waals surface area contributed by atoms with Gasteiger partial charge in [0.25, 0.3) is 0 Å². The summed E-state index contributed by atoms with van der Waals surface area (Å²) in [6, 6.07) is 0. The van der Waals surface area contributed by atoms with Gasteiger partial charge in [0, 0.05) is 20.3 Å². The number of thioether (sulfide) groups is 4. The Labute approximate surface area is 168 Å². The topological polar surface area (TPSA) is 0 Å². The minimum atomic E-state index is 0. The maximum Gasteiger partial charge on any atom is 2.00 e. The Morgan fingerprint density at radius 2 is 0.826 bits per heavy atom. The van der Waals surface area contributed by atoms with E-state index >= 15 is 0 Å². The monoisotopic (exact) mass is 414 g/mol. The molecule has 0 atom stereocenters. The summed E-state index contributed by atoms with van der Waals surface area (Å²) in [7, 11) is 0. The summed E-state index contributed by atoms with van der Waals surface area (Å²) >= 11 is 7.14. The molecule has 4 aliphatic rings. The molecule has 0 N–H and O–H groups in total. The van der Waals surface area contributed by atoms with Crippen LogP contribution in [0.15, 0.2) is 42.3 Å².